The van der Waals surface area contributed by atoms with Crippen LogP contribution in [0.3, 0.4) is 0 Å². The van der Waals surface area contributed by atoms with Gasteiger partial charge in [-0.25, -0.2) is 4.79 Å². The Balaban J connectivity index is 1.99. The van der Waals surface area contributed by atoms with Crippen molar-refractivity contribution in [3.05, 3.63) is 60.2 Å². The SMILES string of the molecule is CC(C)CCNC(=O)OC(C#N)c1cccc(Oc2ccccc2)c1. The number of nitrogens with zero attached hydrogens (tertiary/aromatic N) is 1. The number of amides is 1. The lowest BCUT2D eigenvalue weighted by Gasteiger charge is -2.14. The highest BCUT2D eigenvalue weighted by molar-refractivity contribution is 5.67. The van der Waals surface area contributed by atoms with Crippen molar-refractivity contribution in [1.82, 2.24) is 5.32 Å². The average Bonchev–Trinajstić information content (AvgIpc) is 2.60. The quantitative estimate of drug-likeness (QED) is 0.786. The highest BCUT2D eigenvalue weighted by atomic mass is 16.6. The summed E-state index contributed by atoms with van der Waals surface area (Å²) in [5.41, 5.74) is 0.565. The van der Waals surface area contributed by atoms with Gasteiger partial charge in [0.15, 0.2) is 0 Å². The summed E-state index contributed by atoms with van der Waals surface area (Å²) in [6.07, 6.45) is -0.729. The van der Waals surface area contributed by atoms with Gasteiger partial charge in [-0.2, -0.15) is 5.26 Å². The number of para-hydroxylation sites is 1. The molecule has 1 atom stereocenters. The zero-order valence-corrected chi connectivity index (χ0v) is 14.4. The van der Waals surface area contributed by atoms with Crippen LogP contribution >= 0.6 is 0 Å². The summed E-state index contributed by atoms with van der Waals surface area (Å²) in [7, 11) is 0. The van der Waals surface area contributed by atoms with Gasteiger partial charge in [0, 0.05) is 12.1 Å². The van der Waals surface area contributed by atoms with E-state index in [2.05, 4.69) is 19.2 Å². The monoisotopic (exact) mass is 338 g/mol. The highest BCUT2D eigenvalue weighted by Gasteiger charge is 2.16. The zero-order chi connectivity index (χ0) is 18.1. The number of carbonyl (C=O) groups is 1. The van der Waals surface area contributed by atoms with Crippen molar-refractivity contribution in [3.8, 4) is 17.6 Å². The van der Waals surface area contributed by atoms with E-state index in [4.69, 9.17) is 9.47 Å². The van der Waals surface area contributed by atoms with Crippen LogP contribution in [0.5, 0.6) is 11.5 Å². The van der Waals surface area contributed by atoms with Crippen LogP contribution in [0, 0.1) is 17.2 Å². The minimum absolute atomic E-state index is 0.485. The van der Waals surface area contributed by atoms with Crippen molar-refractivity contribution in [2.45, 2.75) is 26.4 Å². The molecule has 0 fully saturated rings. The van der Waals surface area contributed by atoms with Crippen molar-refractivity contribution in [2.24, 2.45) is 5.92 Å². The van der Waals surface area contributed by atoms with Crippen molar-refractivity contribution in [2.75, 3.05) is 6.54 Å². The fourth-order valence-electron chi connectivity index (χ4n) is 2.15. The van der Waals surface area contributed by atoms with Gasteiger partial charge >= 0.3 is 6.09 Å². The molecule has 0 aromatic heterocycles. The molecule has 0 bridgehead atoms. The maximum atomic E-state index is 11.8. The van der Waals surface area contributed by atoms with E-state index in [0.717, 1.165) is 6.42 Å². The first kappa shape index (κ1) is 18.3. The van der Waals surface area contributed by atoms with Crippen molar-refractivity contribution in [3.63, 3.8) is 0 Å². The van der Waals surface area contributed by atoms with E-state index in [-0.39, 0.29) is 0 Å². The Morgan fingerprint density at radius 1 is 1.12 bits per heavy atom. The first-order chi connectivity index (χ1) is 12.1. The number of nitrogens with one attached hydrogen (secondary N) is 1. The second-order valence-corrected chi connectivity index (χ2v) is 6.01. The predicted octanol–water partition coefficient (Wildman–Crippen LogP) is 4.82. The number of nitriles is 1. The second-order valence-electron chi connectivity index (χ2n) is 6.01. The topological polar surface area (TPSA) is 71.3 Å². The van der Waals surface area contributed by atoms with Crippen LogP contribution in [0.15, 0.2) is 54.6 Å². The van der Waals surface area contributed by atoms with Gasteiger partial charge in [0.05, 0.1) is 0 Å². The maximum Gasteiger partial charge on any atom is 0.408 e. The smallest absolute Gasteiger partial charge is 0.408 e. The predicted molar refractivity (Wildman–Crippen MR) is 95.3 cm³/mol. The van der Waals surface area contributed by atoms with Gasteiger partial charge in [-0.15, -0.1) is 0 Å². The minimum atomic E-state index is -0.988. The highest BCUT2D eigenvalue weighted by Crippen LogP contribution is 2.25. The van der Waals surface area contributed by atoms with Gasteiger partial charge in [0.2, 0.25) is 6.10 Å². The van der Waals surface area contributed by atoms with Crippen LogP contribution in [0.25, 0.3) is 0 Å². The first-order valence-corrected chi connectivity index (χ1v) is 8.25. The summed E-state index contributed by atoms with van der Waals surface area (Å²) < 4.78 is 11.0. The van der Waals surface area contributed by atoms with E-state index in [1.807, 2.05) is 36.4 Å². The molecule has 5 nitrogen and oxygen atoms in total. The van der Waals surface area contributed by atoms with E-state index >= 15 is 0 Å². The fourth-order valence-corrected chi connectivity index (χ4v) is 2.15. The van der Waals surface area contributed by atoms with Crippen molar-refractivity contribution in [1.29, 1.82) is 5.26 Å². The number of carbonyl (C=O) groups excluding carboxylic acids is 1. The molecule has 0 aliphatic rings. The number of alkyl carbamates (subject to hydrolysis) is 1. The molecule has 0 aliphatic heterocycles. The molecular formula is C20H22N2O3. The molecule has 0 saturated carbocycles. The lowest BCUT2D eigenvalue weighted by Crippen LogP contribution is -2.27. The molecule has 2 aromatic rings. The number of benzene rings is 2. The van der Waals surface area contributed by atoms with Crippen LogP contribution in [0.2, 0.25) is 0 Å². The third-order valence-electron chi connectivity index (χ3n) is 3.47. The van der Waals surface area contributed by atoms with Gasteiger partial charge in [-0.05, 0) is 36.6 Å². The van der Waals surface area contributed by atoms with Crippen LogP contribution in [-0.4, -0.2) is 12.6 Å². The Bertz CT molecular complexity index is 723. The Labute approximate surface area is 148 Å². The molecule has 130 valence electrons. The van der Waals surface area contributed by atoms with Crippen molar-refractivity contribution < 1.29 is 14.3 Å². The van der Waals surface area contributed by atoms with Gasteiger partial charge in [-0.3, -0.25) is 0 Å². The normalized spacial score (nSPS) is 11.4. The second kappa shape index (κ2) is 9.33. The van der Waals surface area contributed by atoms with E-state index in [9.17, 15) is 10.1 Å². The zero-order valence-electron chi connectivity index (χ0n) is 14.4. The molecule has 5 heteroatoms. The fraction of sp³-hybridized carbons (Fsp3) is 0.300. The number of ether oxygens (including phenoxy) is 2. The molecule has 0 heterocycles. The van der Waals surface area contributed by atoms with Crippen LogP contribution < -0.4 is 10.1 Å². The molecular weight excluding hydrogens is 316 g/mol. The average molecular weight is 338 g/mol. The van der Waals surface area contributed by atoms with E-state index in [1.165, 1.54) is 0 Å². The third-order valence-corrected chi connectivity index (χ3v) is 3.47. The van der Waals surface area contributed by atoms with Crippen LogP contribution in [0.4, 0.5) is 4.79 Å². The third kappa shape index (κ3) is 6.19. The summed E-state index contributed by atoms with van der Waals surface area (Å²) >= 11 is 0. The summed E-state index contributed by atoms with van der Waals surface area (Å²) in [6.45, 7) is 4.67. The molecule has 1 amide bonds. The van der Waals surface area contributed by atoms with Gasteiger partial charge < -0.3 is 14.8 Å². The molecule has 0 aliphatic carbocycles. The molecule has 0 spiro atoms. The Hall–Kier alpha value is -3.00. The Morgan fingerprint density at radius 2 is 1.84 bits per heavy atom. The molecule has 25 heavy (non-hydrogen) atoms. The van der Waals surface area contributed by atoms with Crippen molar-refractivity contribution >= 4 is 6.09 Å². The summed E-state index contributed by atoms with van der Waals surface area (Å²) in [5.74, 6) is 1.76. The molecule has 1 unspecified atom stereocenters. The standard InChI is InChI=1S/C20H22N2O3/c1-15(2)11-12-22-20(23)25-19(14-21)16-7-6-10-18(13-16)24-17-8-4-3-5-9-17/h3-10,13,15,19H,11-12H2,1-2H3,(H,22,23). The molecule has 2 aromatic carbocycles. The molecule has 0 radical (unpaired) electrons. The summed E-state index contributed by atoms with van der Waals surface area (Å²) in [4.78, 5) is 11.8. The number of hydrogen-bond donors (Lipinski definition) is 1. The summed E-state index contributed by atoms with van der Waals surface area (Å²) in [6, 6.07) is 18.3. The van der Waals surface area contributed by atoms with E-state index in [1.54, 1.807) is 24.3 Å². The van der Waals surface area contributed by atoms with Gasteiger partial charge in [0.1, 0.15) is 17.6 Å². The molecule has 1 N–H and O–H groups in total. The Morgan fingerprint density at radius 3 is 2.52 bits per heavy atom. The lowest BCUT2D eigenvalue weighted by atomic mass is 10.1. The molecule has 0 saturated heterocycles. The van der Waals surface area contributed by atoms with E-state index < -0.39 is 12.2 Å². The first-order valence-electron chi connectivity index (χ1n) is 8.25. The van der Waals surface area contributed by atoms with Crippen LogP contribution in [0.1, 0.15) is 31.9 Å². The molecule has 2 rings (SSSR count). The van der Waals surface area contributed by atoms with E-state index in [0.29, 0.717) is 29.5 Å². The largest absolute Gasteiger partial charge is 0.457 e. The van der Waals surface area contributed by atoms with Gasteiger partial charge in [-0.1, -0.05) is 44.2 Å². The lowest BCUT2D eigenvalue weighted by molar-refractivity contribution is 0.122. The number of hydrogen-bond acceptors (Lipinski definition) is 4. The summed E-state index contributed by atoms with van der Waals surface area (Å²) in [5, 5.41) is 12.0. The minimum Gasteiger partial charge on any atom is -0.457 e. The van der Waals surface area contributed by atoms with Crippen LogP contribution in [-0.2, 0) is 4.74 Å². The Kier molecular flexibility index (Phi) is 6.85. The van der Waals surface area contributed by atoms with Gasteiger partial charge in [0.25, 0.3) is 0 Å². The maximum absolute atomic E-state index is 11.8. The number of rotatable bonds is 7.